The summed E-state index contributed by atoms with van der Waals surface area (Å²) in [7, 11) is 0. The number of hydrogen-bond acceptors (Lipinski definition) is 1. The van der Waals surface area contributed by atoms with Gasteiger partial charge in [0.15, 0.2) is 0 Å². The van der Waals surface area contributed by atoms with Gasteiger partial charge in [-0.2, -0.15) is 0 Å². The third-order valence-electron chi connectivity index (χ3n) is 3.11. The van der Waals surface area contributed by atoms with Crippen LogP contribution in [0.15, 0.2) is 36.4 Å². The molecule has 0 aromatic heterocycles. The van der Waals surface area contributed by atoms with Gasteiger partial charge in [0.1, 0.15) is 0 Å². The third-order valence-corrected chi connectivity index (χ3v) is 3.70. The number of anilines is 1. The first-order valence-corrected chi connectivity index (χ1v) is 7.03. The first-order chi connectivity index (χ1) is 9.47. The minimum absolute atomic E-state index is 0.0911. The van der Waals surface area contributed by atoms with Crippen LogP contribution in [0.4, 0.5) is 5.69 Å². The van der Waals surface area contributed by atoms with Crippen molar-refractivity contribution in [3.05, 3.63) is 63.1 Å². The molecule has 20 heavy (non-hydrogen) atoms. The van der Waals surface area contributed by atoms with Gasteiger partial charge in [-0.3, -0.25) is 4.79 Å². The van der Waals surface area contributed by atoms with E-state index >= 15 is 0 Å². The van der Waals surface area contributed by atoms with Gasteiger partial charge < -0.3 is 5.32 Å². The fourth-order valence-electron chi connectivity index (χ4n) is 2.03. The van der Waals surface area contributed by atoms with E-state index in [1.54, 1.807) is 18.2 Å². The Morgan fingerprint density at radius 1 is 1.10 bits per heavy atom. The Bertz CT molecular complexity index is 633. The summed E-state index contributed by atoms with van der Waals surface area (Å²) in [4.78, 5) is 12.1. The molecule has 2 nitrogen and oxygen atoms in total. The van der Waals surface area contributed by atoms with Crippen LogP contribution in [0.1, 0.15) is 16.7 Å². The van der Waals surface area contributed by atoms with Gasteiger partial charge in [-0.05, 0) is 42.7 Å². The van der Waals surface area contributed by atoms with Crippen molar-refractivity contribution in [1.82, 2.24) is 0 Å². The van der Waals surface area contributed by atoms with Gasteiger partial charge in [0.2, 0.25) is 5.91 Å². The van der Waals surface area contributed by atoms with E-state index in [4.69, 9.17) is 23.2 Å². The minimum atomic E-state index is -0.0911. The van der Waals surface area contributed by atoms with Crippen LogP contribution in [0, 0.1) is 13.8 Å². The Kier molecular flexibility index (Phi) is 4.69. The normalized spacial score (nSPS) is 10.4. The summed E-state index contributed by atoms with van der Waals surface area (Å²) in [5.74, 6) is -0.0911. The zero-order chi connectivity index (χ0) is 14.7. The van der Waals surface area contributed by atoms with E-state index in [0.29, 0.717) is 10.0 Å². The number of carbonyl (C=O) groups is 1. The number of rotatable bonds is 3. The van der Waals surface area contributed by atoms with E-state index in [1.807, 2.05) is 32.0 Å². The van der Waals surface area contributed by atoms with Gasteiger partial charge in [0, 0.05) is 15.7 Å². The third kappa shape index (κ3) is 3.53. The topological polar surface area (TPSA) is 29.1 Å². The molecule has 1 N–H and O–H groups in total. The van der Waals surface area contributed by atoms with Crippen LogP contribution in [-0.4, -0.2) is 5.91 Å². The molecule has 104 valence electrons. The monoisotopic (exact) mass is 307 g/mol. The van der Waals surface area contributed by atoms with Gasteiger partial charge in [0.25, 0.3) is 0 Å². The number of hydrogen-bond donors (Lipinski definition) is 1. The smallest absolute Gasteiger partial charge is 0.228 e. The van der Waals surface area contributed by atoms with E-state index < -0.39 is 0 Å². The largest absolute Gasteiger partial charge is 0.325 e. The summed E-state index contributed by atoms with van der Waals surface area (Å²) in [6.07, 6.45) is 0.226. The van der Waals surface area contributed by atoms with Gasteiger partial charge >= 0.3 is 0 Å². The van der Waals surface area contributed by atoms with Crippen LogP contribution in [0.5, 0.6) is 0 Å². The number of amides is 1. The molecule has 1 amide bonds. The van der Waals surface area contributed by atoms with Crippen LogP contribution in [0.2, 0.25) is 10.0 Å². The summed E-state index contributed by atoms with van der Waals surface area (Å²) >= 11 is 11.9. The van der Waals surface area contributed by atoms with Crippen molar-refractivity contribution in [1.29, 1.82) is 0 Å². The van der Waals surface area contributed by atoms with E-state index in [1.165, 1.54) is 0 Å². The molecule has 2 rings (SSSR count). The minimum Gasteiger partial charge on any atom is -0.325 e. The van der Waals surface area contributed by atoms with Crippen LogP contribution in [-0.2, 0) is 11.2 Å². The molecular formula is C16H15Cl2NO. The number of para-hydroxylation sites is 1. The molecule has 0 fully saturated rings. The lowest BCUT2D eigenvalue weighted by Crippen LogP contribution is -2.16. The van der Waals surface area contributed by atoms with Crippen molar-refractivity contribution < 1.29 is 4.79 Å². The maximum Gasteiger partial charge on any atom is 0.228 e. The van der Waals surface area contributed by atoms with E-state index in [9.17, 15) is 4.79 Å². The number of nitrogens with one attached hydrogen (secondary N) is 1. The second-order valence-corrected chi connectivity index (χ2v) is 5.57. The maximum absolute atomic E-state index is 12.1. The molecule has 2 aromatic carbocycles. The summed E-state index contributed by atoms with van der Waals surface area (Å²) in [6.45, 7) is 3.94. The Hall–Kier alpha value is -1.51. The average Bonchev–Trinajstić information content (AvgIpc) is 2.37. The molecule has 0 aliphatic carbocycles. The Morgan fingerprint density at radius 2 is 1.75 bits per heavy atom. The van der Waals surface area contributed by atoms with Crippen LogP contribution in [0.25, 0.3) is 0 Å². The number of aryl methyl sites for hydroxylation is 2. The molecule has 0 atom stereocenters. The zero-order valence-electron chi connectivity index (χ0n) is 11.3. The first-order valence-electron chi connectivity index (χ1n) is 6.27. The van der Waals surface area contributed by atoms with Gasteiger partial charge in [-0.15, -0.1) is 0 Å². The van der Waals surface area contributed by atoms with Crippen LogP contribution >= 0.6 is 23.2 Å². The molecule has 0 saturated heterocycles. The SMILES string of the molecule is Cc1cccc(C)c1NC(=O)Cc1ccc(Cl)cc1Cl. The lowest BCUT2D eigenvalue weighted by atomic mass is 10.1. The molecule has 0 radical (unpaired) electrons. The van der Waals surface area contributed by atoms with Crippen molar-refractivity contribution >= 4 is 34.8 Å². The lowest BCUT2D eigenvalue weighted by molar-refractivity contribution is -0.115. The van der Waals surface area contributed by atoms with Gasteiger partial charge in [-0.25, -0.2) is 0 Å². The first kappa shape index (κ1) is 14.9. The van der Waals surface area contributed by atoms with Gasteiger partial charge in [-0.1, -0.05) is 47.5 Å². The molecule has 0 unspecified atom stereocenters. The Labute approximate surface area is 128 Å². The molecule has 0 bridgehead atoms. The highest BCUT2D eigenvalue weighted by molar-refractivity contribution is 6.35. The van der Waals surface area contributed by atoms with E-state index in [0.717, 1.165) is 22.4 Å². The van der Waals surface area contributed by atoms with E-state index in [2.05, 4.69) is 5.32 Å². The Morgan fingerprint density at radius 3 is 2.35 bits per heavy atom. The highest BCUT2D eigenvalue weighted by Gasteiger charge is 2.10. The highest BCUT2D eigenvalue weighted by Crippen LogP contribution is 2.23. The second kappa shape index (κ2) is 6.29. The molecule has 0 aliphatic rings. The van der Waals surface area contributed by atoms with E-state index in [-0.39, 0.29) is 12.3 Å². The predicted octanol–water partition coefficient (Wildman–Crippen LogP) is 4.79. The van der Waals surface area contributed by atoms with Crippen molar-refractivity contribution in [3.8, 4) is 0 Å². The second-order valence-electron chi connectivity index (χ2n) is 4.73. The highest BCUT2D eigenvalue weighted by atomic mass is 35.5. The van der Waals surface area contributed by atoms with Gasteiger partial charge in [0.05, 0.1) is 6.42 Å². The predicted molar refractivity (Wildman–Crippen MR) is 84.7 cm³/mol. The molecule has 0 spiro atoms. The molecule has 4 heteroatoms. The summed E-state index contributed by atoms with van der Waals surface area (Å²) in [5, 5.41) is 4.01. The molecule has 0 aliphatic heterocycles. The fraction of sp³-hybridized carbons (Fsp3) is 0.188. The molecular weight excluding hydrogens is 293 g/mol. The van der Waals surface area contributed by atoms with Crippen LogP contribution < -0.4 is 5.32 Å². The number of halogens is 2. The van der Waals surface area contributed by atoms with Crippen molar-refractivity contribution in [3.63, 3.8) is 0 Å². The van der Waals surface area contributed by atoms with Crippen molar-refractivity contribution in [2.75, 3.05) is 5.32 Å². The number of benzene rings is 2. The quantitative estimate of drug-likeness (QED) is 0.867. The fourth-order valence-corrected chi connectivity index (χ4v) is 2.51. The molecule has 0 heterocycles. The lowest BCUT2D eigenvalue weighted by Gasteiger charge is -2.12. The Balaban J connectivity index is 2.13. The van der Waals surface area contributed by atoms with Crippen molar-refractivity contribution in [2.24, 2.45) is 0 Å². The van der Waals surface area contributed by atoms with Crippen LogP contribution in [0.3, 0.4) is 0 Å². The number of carbonyl (C=O) groups excluding carboxylic acids is 1. The average molecular weight is 308 g/mol. The summed E-state index contributed by atoms with van der Waals surface area (Å²) < 4.78 is 0. The molecule has 2 aromatic rings. The maximum atomic E-state index is 12.1. The zero-order valence-corrected chi connectivity index (χ0v) is 12.8. The molecule has 0 saturated carbocycles. The van der Waals surface area contributed by atoms with Crippen molar-refractivity contribution in [2.45, 2.75) is 20.3 Å². The summed E-state index contributed by atoms with van der Waals surface area (Å²) in [6, 6.07) is 11.1. The summed E-state index contributed by atoms with van der Waals surface area (Å²) in [5.41, 5.74) is 3.71. The standard InChI is InChI=1S/C16H15Cl2NO/c1-10-4-3-5-11(2)16(10)19-15(20)8-12-6-7-13(17)9-14(12)18/h3-7,9H,8H2,1-2H3,(H,19,20).